The lowest BCUT2D eigenvalue weighted by molar-refractivity contribution is 0.282. The van der Waals surface area contributed by atoms with Gasteiger partial charge in [-0.05, 0) is 65.6 Å². The Labute approximate surface area is 246 Å². The van der Waals surface area contributed by atoms with Crippen molar-refractivity contribution in [3.8, 4) is 22.6 Å². The van der Waals surface area contributed by atoms with Gasteiger partial charge >= 0.3 is 0 Å². The minimum atomic E-state index is -0.0933. The van der Waals surface area contributed by atoms with Crippen LogP contribution in [-0.2, 0) is 39.6 Å². The second-order valence-corrected chi connectivity index (χ2v) is 12.8. The zero-order valence-corrected chi connectivity index (χ0v) is 25.1. The Hall–Kier alpha value is -2.82. The van der Waals surface area contributed by atoms with Crippen molar-refractivity contribution in [3.63, 3.8) is 0 Å². The lowest BCUT2D eigenvalue weighted by atomic mass is 9.96. The van der Waals surface area contributed by atoms with E-state index in [1.165, 1.54) is 33.0 Å². The predicted molar refractivity (Wildman–Crippen MR) is 163 cm³/mol. The van der Waals surface area contributed by atoms with Crippen LogP contribution in [0.4, 0.5) is 5.95 Å². The molecule has 0 fully saturated rings. The van der Waals surface area contributed by atoms with Crippen LogP contribution < -0.4 is 4.90 Å². The fourth-order valence-electron chi connectivity index (χ4n) is 6.04. The molecule has 7 rings (SSSR count). The van der Waals surface area contributed by atoms with E-state index in [4.69, 9.17) is 26.0 Å². The van der Waals surface area contributed by atoms with Crippen LogP contribution in [0.3, 0.4) is 0 Å². The Kier molecular flexibility index (Phi) is 6.67. The number of likely N-dealkylation sites (N-methyl/N-ethyl adjacent to an activating group) is 1. The number of thiophene rings is 1. The Morgan fingerprint density at radius 3 is 2.75 bits per heavy atom. The number of nitrogens with zero attached hydrogens (tertiary/aromatic N) is 5. The van der Waals surface area contributed by atoms with Crippen molar-refractivity contribution in [2.45, 2.75) is 37.4 Å². The number of aliphatic hydroxyl groups excluding tert-OH is 1. The van der Waals surface area contributed by atoms with E-state index in [1.807, 2.05) is 17.4 Å². The first-order chi connectivity index (χ1) is 19.4. The van der Waals surface area contributed by atoms with Crippen molar-refractivity contribution in [2.75, 3.05) is 31.3 Å². The van der Waals surface area contributed by atoms with E-state index in [0.29, 0.717) is 27.6 Å². The zero-order valence-electron chi connectivity index (χ0n) is 22.7. The number of thioether (sulfide) groups is 1. The van der Waals surface area contributed by atoms with E-state index in [9.17, 15) is 5.11 Å². The number of hydrogen-bond acceptors (Lipinski definition) is 8. The number of anilines is 1. The Bertz CT molecular complexity index is 1760. The van der Waals surface area contributed by atoms with Crippen molar-refractivity contribution < 1.29 is 9.52 Å². The highest BCUT2D eigenvalue weighted by Gasteiger charge is 2.28. The topological polar surface area (TPSA) is 70.6 Å². The summed E-state index contributed by atoms with van der Waals surface area (Å²) in [6.45, 7) is 3.74. The normalized spacial score (nSPS) is 15.6. The standard InChI is InChI=1S/C30H30ClN5O2S2/c1-34-9-8-25-24(13-34)33-30(35(25)2)36-10-7-18-21(16-40-26(18)14-36)19-5-4-6-20(28(19)39-3)29-32-23-12-17(15-37)11-22(31)27(23)38-29/h4-6,11-12,16,37H,7-10,13-15H2,1-3H3. The number of aromatic nitrogens is 3. The largest absolute Gasteiger partial charge is 0.434 e. The minimum Gasteiger partial charge on any atom is -0.434 e. The quantitative estimate of drug-likeness (QED) is 0.238. The summed E-state index contributed by atoms with van der Waals surface area (Å²) in [5.74, 6) is 1.63. The summed E-state index contributed by atoms with van der Waals surface area (Å²) in [6.07, 6.45) is 4.13. The molecule has 0 saturated carbocycles. The molecule has 0 atom stereocenters. The van der Waals surface area contributed by atoms with Gasteiger partial charge in [0, 0.05) is 48.6 Å². The van der Waals surface area contributed by atoms with Crippen LogP contribution in [0.2, 0.25) is 5.02 Å². The van der Waals surface area contributed by atoms with E-state index < -0.39 is 0 Å². The summed E-state index contributed by atoms with van der Waals surface area (Å²) in [6, 6.07) is 9.89. The van der Waals surface area contributed by atoms with Gasteiger partial charge in [-0.3, -0.25) is 0 Å². The molecule has 0 aliphatic carbocycles. The molecule has 0 radical (unpaired) electrons. The van der Waals surface area contributed by atoms with Crippen LogP contribution in [-0.4, -0.2) is 50.9 Å². The first-order valence-electron chi connectivity index (χ1n) is 13.4. The summed E-state index contributed by atoms with van der Waals surface area (Å²) in [5, 5.41) is 12.3. The fraction of sp³-hybridized carbons (Fsp3) is 0.333. The van der Waals surface area contributed by atoms with Crippen molar-refractivity contribution in [1.82, 2.24) is 19.4 Å². The molecule has 0 saturated heterocycles. The molecular weight excluding hydrogens is 562 g/mol. The summed E-state index contributed by atoms with van der Waals surface area (Å²) < 4.78 is 8.49. The molecule has 0 amide bonds. The second kappa shape index (κ2) is 10.2. The third kappa shape index (κ3) is 4.26. The summed E-state index contributed by atoms with van der Waals surface area (Å²) >= 11 is 10.00. The Morgan fingerprint density at radius 1 is 1.07 bits per heavy atom. The maximum atomic E-state index is 9.58. The SMILES string of the molecule is CSc1c(-c2nc3cc(CO)cc(Cl)c3o2)cccc1-c1csc2c1CCN(c1nc3c(n1C)CCN(C)C3)C2. The van der Waals surface area contributed by atoms with Gasteiger partial charge in [-0.15, -0.1) is 23.1 Å². The van der Waals surface area contributed by atoms with Crippen molar-refractivity contribution >= 4 is 51.7 Å². The third-order valence-corrected chi connectivity index (χ3v) is 10.2. The van der Waals surface area contributed by atoms with E-state index in [-0.39, 0.29) is 6.61 Å². The highest BCUT2D eigenvalue weighted by Crippen LogP contribution is 2.44. The number of oxazole rings is 1. The number of fused-ring (bicyclic) bond motifs is 3. The molecule has 40 heavy (non-hydrogen) atoms. The lowest BCUT2D eigenvalue weighted by Crippen LogP contribution is -2.31. The average molecular weight is 592 g/mol. The van der Waals surface area contributed by atoms with Gasteiger partial charge in [0.15, 0.2) is 5.58 Å². The maximum Gasteiger partial charge on any atom is 0.228 e. The monoisotopic (exact) mass is 591 g/mol. The predicted octanol–water partition coefficient (Wildman–Crippen LogP) is 6.38. The smallest absolute Gasteiger partial charge is 0.228 e. The molecule has 5 heterocycles. The van der Waals surface area contributed by atoms with Crippen molar-refractivity contribution in [3.05, 3.63) is 68.1 Å². The summed E-state index contributed by atoms with van der Waals surface area (Å²) in [7, 11) is 4.34. The molecule has 2 aromatic carbocycles. The van der Waals surface area contributed by atoms with Crippen LogP contribution in [0.5, 0.6) is 0 Å². The van der Waals surface area contributed by atoms with Gasteiger partial charge in [-0.1, -0.05) is 23.7 Å². The van der Waals surface area contributed by atoms with Gasteiger partial charge in [-0.25, -0.2) is 9.97 Å². The number of aliphatic hydroxyl groups is 1. The number of benzene rings is 2. The third-order valence-electron chi connectivity index (χ3n) is 8.08. The average Bonchev–Trinajstić information content (AvgIpc) is 3.67. The highest BCUT2D eigenvalue weighted by molar-refractivity contribution is 7.98. The van der Waals surface area contributed by atoms with Gasteiger partial charge in [0.05, 0.1) is 29.4 Å². The van der Waals surface area contributed by atoms with E-state index in [1.54, 1.807) is 17.8 Å². The van der Waals surface area contributed by atoms with E-state index in [2.05, 4.69) is 58.3 Å². The zero-order chi connectivity index (χ0) is 27.5. The minimum absolute atomic E-state index is 0.0933. The van der Waals surface area contributed by atoms with Crippen LogP contribution in [0.25, 0.3) is 33.7 Å². The first kappa shape index (κ1) is 26.1. The Balaban J connectivity index is 1.23. The molecule has 3 aromatic heterocycles. The van der Waals surface area contributed by atoms with E-state index in [0.717, 1.165) is 55.4 Å². The molecule has 0 unspecified atom stereocenters. The first-order valence-corrected chi connectivity index (χ1v) is 15.9. The number of halogens is 1. The van der Waals surface area contributed by atoms with Gasteiger partial charge in [0.25, 0.3) is 0 Å². The Morgan fingerprint density at radius 2 is 1.93 bits per heavy atom. The molecule has 1 N–H and O–H groups in total. The van der Waals surface area contributed by atoms with Crippen LogP contribution in [0.15, 0.2) is 45.0 Å². The second-order valence-electron chi connectivity index (χ2n) is 10.6. The summed E-state index contributed by atoms with van der Waals surface area (Å²) in [4.78, 5) is 17.2. The van der Waals surface area contributed by atoms with Gasteiger partial charge < -0.3 is 23.9 Å². The van der Waals surface area contributed by atoms with Gasteiger partial charge in [0.1, 0.15) is 5.52 Å². The molecule has 0 bridgehead atoms. The van der Waals surface area contributed by atoms with Crippen LogP contribution >= 0.6 is 34.7 Å². The number of rotatable bonds is 5. The molecule has 5 aromatic rings. The molecule has 0 spiro atoms. The lowest BCUT2D eigenvalue weighted by Gasteiger charge is -2.28. The maximum absolute atomic E-state index is 9.58. The van der Waals surface area contributed by atoms with Gasteiger partial charge in [-0.2, -0.15) is 0 Å². The fourth-order valence-corrected chi connectivity index (χ4v) is 8.21. The number of hydrogen-bond donors (Lipinski definition) is 1. The molecule has 7 nitrogen and oxygen atoms in total. The van der Waals surface area contributed by atoms with Crippen molar-refractivity contribution in [2.24, 2.45) is 7.05 Å². The van der Waals surface area contributed by atoms with Crippen LogP contribution in [0, 0.1) is 0 Å². The highest BCUT2D eigenvalue weighted by atomic mass is 35.5. The summed E-state index contributed by atoms with van der Waals surface area (Å²) in [5.41, 5.74) is 9.39. The van der Waals surface area contributed by atoms with E-state index >= 15 is 0 Å². The van der Waals surface area contributed by atoms with Gasteiger partial charge in [0.2, 0.25) is 11.8 Å². The molecule has 2 aliphatic heterocycles. The van der Waals surface area contributed by atoms with Crippen molar-refractivity contribution in [1.29, 1.82) is 0 Å². The molecule has 206 valence electrons. The van der Waals surface area contributed by atoms with Crippen LogP contribution in [0.1, 0.15) is 27.4 Å². The molecule has 10 heteroatoms. The molecule has 2 aliphatic rings. The number of imidazole rings is 1. The molecular formula is C30H30ClN5O2S2.